The van der Waals surface area contributed by atoms with Gasteiger partial charge in [-0.05, 0) is 24.3 Å². The van der Waals surface area contributed by atoms with Crippen molar-refractivity contribution >= 4 is 17.4 Å². The molecule has 0 aliphatic carbocycles. The first kappa shape index (κ1) is 13.7. The molecule has 20 heavy (non-hydrogen) atoms. The van der Waals surface area contributed by atoms with E-state index in [1.807, 2.05) is 31.1 Å². The Labute approximate surface area is 117 Å². The first-order valence-electron chi connectivity index (χ1n) is 6.20. The van der Waals surface area contributed by atoms with E-state index in [-0.39, 0.29) is 11.7 Å². The van der Waals surface area contributed by atoms with E-state index in [4.69, 9.17) is 5.73 Å². The van der Waals surface area contributed by atoms with Crippen LogP contribution in [0, 0.1) is 0 Å². The van der Waals surface area contributed by atoms with Gasteiger partial charge in [0.15, 0.2) is 12.4 Å². The van der Waals surface area contributed by atoms with Crippen molar-refractivity contribution < 1.29 is 9.78 Å². The molecular weight excluding hydrogens is 252 g/mol. The molecule has 5 nitrogen and oxygen atoms in total. The quantitative estimate of drug-likeness (QED) is 0.670. The number of amidine groups is 1. The van der Waals surface area contributed by atoms with Crippen LogP contribution in [0.4, 0.5) is 5.69 Å². The lowest BCUT2D eigenvalue weighted by Gasteiger charge is -2.11. The fourth-order valence-corrected chi connectivity index (χ4v) is 1.70. The van der Waals surface area contributed by atoms with E-state index in [2.05, 4.69) is 9.98 Å². The first-order valence-corrected chi connectivity index (χ1v) is 6.20. The topological polar surface area (TPSA) is 72.8 Å². The average Bonchev–Trinajstić information content (AvgIpc) is 2.48. The van der Waals surface area contributed by atoms with Gasteiger partial charge in [-0.15, -0.1) is 0 Å². The van der Waals surface area contributed by atoms with Gasteiger partial charge in [-0.25, -0.2) is 4.98 Å². The molecule has 0 spiro atoms. The molecule has 1 aromatic carbocycles. The molecule has 0 fully saturated rings. The minimum absolute atomic E-state index is 0.209. The predicted octanol–water partition coefficient (Wildman–Crippen LogP) is 1.11. The van der Waals surface area contributed by atoms with Gasteiger partial charge in [-0.1, -0.05) is 0 Å². The van der Waals surface area contributed by atoms with Crippen LogP contribution < -0.4 is 15.6 Å². The number of aliphatic imine (C=N–C) groups is 1. The molecule has 2 aromatic rings. The smallest absolute Gasteiger partial charge is 0.278 e. The highest BCUT2D eigenvalue weighted by molar-refractivity contribution is 6.08. The number of H-pyrrole nitrogens is 1. The second-order valence-corrected chi connectivity index (χ2v) is 4.53. The van der Waals surface area contributed by atoms with Gasteiger partial charge in [0.25, 0.3) is 5.91 Å². The number of aromatic nitrogens is 1. The molecule has 0 aliphatic rings. The number of aromatic amines is 1. The molecule has 1 amide bonds. The third-order valence-electron chi connectivity index (χ3n) is 2.87. The van der Waals surface area contributed by atoms with Gasteiger partial charge in [0.05, 0.1) is 0 Å². The normalized spacial score (nSPS) is 11.2. The summed E-state index contributed by atoms with van der Waals surface area (Å²) >= 11 is 0. The minimum atomic E-state index is -0.347. The van der Waals surface area contributed by atoms with E-state index < -0.39 is 0 Å². The summed E-state index contributed by atoms with van der Waals surface area (Å²) in [6.07, 6.45) is 3.46. The molecule has 1 aromatic heterocycles. The van der Waals surface area contributed by atoms with Gasteiger partial charge in [-0.2, -0.15) is 4.99 Å². The van der Waals surface area contributed by atoms with Crippen LogP contribution in [0.25, 0.3) is 0 Å². The Bertz CT molecular complexity index is 618. The lowest BCUT2D eigenvalue weighted by Crippen LogP contribution is -2.17. The van der Waals surface area contributed by atoms with Crippen LogP contribution in [0.1, 0.15) is 15.9 Å². The molecule has 0 atom stereocenters. The summed E-state index contributed by atoms with van der Waals surface area (Å²) in [5.74, 6) is -0.138. The van der Waals surface area contributed by atoms with Gasteiger partial charge in [0.2, 0.25) is 0 Å². The van der Waals surface area contributed by atoms with Crippen molar-refractivity contribution in [3.63, 3.8) is 0 Å². The monoisotopic (exact) mass is 269 g/mol. The van der Waals surface area contributed by atoms with Crippen LogP contribution in [0.3, 0.4) is 0 Å². The molecule has 5 heteroatoms. The number of anilines is 1. The molecule has 0 radical (unpaired) electrons. The summed E-state index contributed by atoms with van der Waals surface area (Å²) in [5.41, 5.74) is 8.07. The van der Waals surface area contributed by atoms with Crippen molar-refractivity contribution in [2.24, 2.45) is 10.7 Å². The summed E-state index contributed by atoms with van der Waals surface area (Å²) in [7, 11) is 3.89. The van der Waals surface area contributed by atoms with E-state index in [1.54, 1.807) is 36.7 Å². The minimum Gasteiger partial charge on any atom is -0.383 e. The predicted molar refractivity (Wildman–Crippen MR) is 78.8 cm³/mol. The number of nitrogens with one attached hydrogen (secondary N) is 1. The molecule has 0 unspecified atom stereocenters. The molecule has 0 aliphatic heterocycles. The first-order chi connectivity index (χ1) is 9.58. The number of hydrogen-bond donors (Lipinski definition) is 1. The Morgan fingerprint density at radius 2 is 1.65 bits per heavy atom. The van der Waals surface area contributed by atoms with Crippen LogP contribution in [0.2, 0.25) is 0 Å². The number of rotatable bonds is 3. The van der Waals surface area contributed by atoms with Crippen LogP contribution >= 0.6 is 0 Å². The van der Waals surface area contributed by atoms with Crippen molar-refractivity contribution in [3.8, 4) is 0 Å². The maximum atomic E-state index is 12.0. The number of benzene rings is 1. The van der Waals surface area contributed by atoms with Crippen molar-refractivity contribution in [3.05, 3.63) is 59.9 Å². The molecule has 102 valence electrons. The lowest BCUT2D eigenvalue weighted by atomic mass is 10.2. The molecule has 1 heterocycles. The zero-order valence-corrected chi connectivity index (χ0v) is 11.5. The second-order valence-electron chi connectivity index (χ2n) is 4.53. The number of hydrogen-bond acceptors (Lipinski definition) is 2. The Morgan fingerprint density at radius 1 is 1.05 bits per heavy atom. The van der Waals surface area contributed by atoms with Gasteiger partial charge in [0.1, 0.15) is 5.84 Å². The van der Waals surface area contributed by atoms with Gasteiger partial charge >= 0.3 is 0 Å². The van der Waals surface area contributed by atoms with Crippen molar-refractivity contribution in [2.45, 2.75) is 0 Å². The number of carbonyl (C=O) groups is 1. The zero-order valence-electron chi connectivity index (χ0n) is 11.5. The van der Waals surface area contributed by atoms with Crippen molar-refractivity contribution in [2.75, 3.05) is 19.0 Å². The van der Waals surface area contributed by atoms with Crippen LogP contribution in [-0.2, 0) is 0 Å². The summed E-state index contributed by atoms with van der Waals surface area (Å²) in [5, 5.41) is 0. The maximum absolute atomic E-state index is 12.0. The van der Waals surface area contributed by atoms with Crippen LogP contribution in [-0.4, -0.2) is 25.8 Å². The zero-order chi connectivity index (χ0) is 14.5. The highest BCUT2D eigenvalue weighted by Gasteiger charge is 2.07. The number of pyridine rings is 1. The summed E-state index contributed by atoms with van der Waals surface area (Å²) in [6, 6.07) is 10.8. The van der Waals surface area contributed by atoms with E-state index in [9.17, 15) is 4.79 Å². The number of nitrogens with two attached hydrogens (primary N) is 1. The molecule has 2 rings (SSSR count). The lowest BCUT2D eigenvalue weighted by molar-refractivity contribution is -0.378. The third-order valence-corrected chi connectivity index (χ3v) is 2.87. The molecule has 0 saturated carbocycles. The molecular formula is C15H17N4O+. The second kappa shape index (κ2) is 5.97. The average molecular weight is 269 g/mol. The Balaban J connectivity index is 2.19. The number of amides is 1. The highest BCUT2D eigenvalue weighted by Crippen LogP contribution is 2.13. The molecule has 0 bridgehead atoms. The summed E-state index contributed by atoms with van der Waals surface area (Å²) in [4.78, 5) is 20.8. The van der Waals surface area contributed by atoms with Crippen LogP contribution in [0.5, 0.6) is 0 Å². The number of carbonyl (C=O) groups excluding carboxylic acids is 1. The largest absolute Gasteiger partial charge is 0.383 e. The van der Waals surface area contributed by atoms with Crippen LogP contribution in [0.15, 0.2) is 53.8 Å². The Hall–Kier alpha value is -2.69. The van der Waals surface area contributed by atoms with Gasteiger partial charge in [-0.3, -0.25) is 4.79 Å². The third kappa shape index (κ3) is 3.20. The number of nitrogens with zero attached hydrogens (tertiary/aromatic N) is 2. The molecule has 0 saturated heterocycles. The van der Waals surface area contributed by atoms with E-state index in [0.29, 0.717) is 11.1 Å². The fraction of sp³-hybridized carbons (Fsp3) is 0.133. The Morgan fingerprint density at radius 3 is 2.20 bits per heavy atom. The standard InChI is InChI=1S/C15H16N4O/c1-19(2)13-5-3-12(4-6-13)15(20)18-14(16)11-7-9-17-10-8-11/h3-10H,1-2H3,(H2,16,18,20)/p+1. The fourth-order valence-electron chi connectivity index (χ4n) is 1.70. The highest BCUT2D eigenvalue weighted by atomic mass is 16.1. The van der Waals surface area contributed by atoms with E-state index in [1.165, 1.54) is 0 Å². The van der Waals surface area contributed by atoms with E-state index >= 15 is 0 Å². The summed E-state index contributed by atoms with van der Waals surface area (Å²) in [6.45, 7) is 0. The van der Waals surface area contributed by atoms with E-state index in [0.717, 1.165) is 5.69 Å². The molecule has 3 N–H and O–H groups in total. The maximum Gasteiger partial charge on any atom is 0.278 e. The summed E-state index contributed by atoms with van der Waals surface area (Å²) < 4.78 is 0. The van der Waals surface area contributed by atoms with Gasteiger partial charge in [0, 0.05) is 43.0 Å². The Kier molecular flexibility index (Phi) is 4.10. The SMILES string of the molecule is CN(C)c1ccc(C(=O)N=C(N)c2cc[nH+]cc2)cc1. The van der Waals surface area contributed by atoms with Crippen molar-refractivity contribution in [1.82, 2.24) is 0 Å². The van der Waals surface area contributed by atoms with Crippen molar-refractivity contribution in [1.29, 1.82) is 0 Å². The van der Waals surface area contributed by atoms with Gasteiger partial charge < -0.3 is 10.6 Å².